The van der Waals surface area contributed by atoms with E-state index < -0.39 is 0 Å². The van der Waals surface area contributed by atoms with E-state index in [2.05, 4.69) is 55.4 Å². The Kier molecular flexibility index (Phi) is 36.6. The third kappa shape index (κ3) is 45.1. The molecule has 0 aromatic rings. The van der Waals surface area contributed by atoms with E-state index in [1.807, 2.05) is 0 Å². The Morgan fingerprint density at radius 1 is 0.333 bits per heavy atom. The molecule has 0 rings (SSSR count). The summed E-state index contributed by atoms with van der Waals surface area (Å²) < 4.78 is 10.6. The van der Waals surface area contributed by atoms with Gasteiger partial charge in [0.2, 0.25) is 0 Å². The summed E-state index contributed by atoms with van der Waals surface area (Å²) in [6.07, 6.45) is 29.8. The van der Waals surface area contributed by atoms with E-state index in [1.165, 1.54) is 109 Å². The Hall–Kier alpha value is -1.06. The average molecular weight is 639 g/mol. The van der Waals surface area contributed by atoms with Gasteiger partial charge in [0.1, 0.15) is 0 Å². The molecule has 0 aliphatic heterocycles. The third-order valence-electron chi connectivity index (χ3n) is 8.45. The van der Waals surface area contributed by atoms with Crippen molar-refractivity contribution in [3.05, 3.63) is 0 Å². The topological polar surface area (TPSA) is 52.6 Å². The molecule has 0 unspecified atom stereocenters. The van der Waals surface area contributed by atoms with Gasteiger partial charge in [0.25, 0.3) is 0 Å². The maximum Gasteiger partial charge on any atom is 0.305 e. The van der Waals surface area contributed by atoms with Crippen molar-refractivity contribution in [3.8, 4) is 0 Å². The number of rotatable bonds is 31. The predicted molar refractivity (Wildman–Crippen MR) is 197 cm³/mol. The molecule has 270 valence electrons. The average Bonchev–Trinajstić information content (AvgIpc) is 2.96. The molecule has 0 heterocycles. The second-order valence-electron chi connectivity index (χ2n) is 15.4. The van der Waals surface area contributed by atoms with Gasteiger partial charge < -0.3 is 9.47 Å². The number of unbranched alkanes of at least 4 members (excludes halogenated alkanes) is 15. The van der Waals surface area contributed by atoms with Crippen LogP contribution in [0.25, 0.3) is 0 Å². The highest BCUT2D eigenvalue weighted by atomic mass is 16.5. The highest BCUT2D eigenvalue weighted by molar-refractivity contribution is 5.69. The van der Waals surface area contributed by atoms with Gasteiger partial charge in [-0.3, -0.25) is 9.59 Å². The summed E-state index contributed by atoms with van der Waals surface area (Å²) in [5, 5.41) is 0. The molecule has 0 aliphatic carbocycles. The number of ether oxygens (including phenoxy) is 2. The molecular weight excluding hydrogens is 556 g/mol. The van der Waals surface area contributed by atoms with Crippen LogP contribution in [0.5, 0.6) is 0 Å². The molecule has 45 heavy (non-hydrogen) atoms. The summed E-state index contributed by atoms with van der Waals surface area (Å²) in [6, 6.07) is 0. The SMILES string of the molecule is CC(C)CCCCCCCCCCOC(=O)CCCCCC(C)C.CC(C)CCCCCCCOC(=O)CCCCCC(C)C. The molecule has 0 bridgehead atoms. The van der Waals surface area contributed by atoms with Gasteiger partial charge >= 0.3 is 11.9 Å². The molecule has 0 saturated heterocycles. The van der Waals surface area contributed by atoms with Crippen LogP contribution in [0.2, 0.25) is 0 Å². The largest absolute Gasteiger partial charge is 0.466 e. The Labute approximate surface area is 283 Å². The molecule has 0 amide bonds. The summed E-state index contributed by atoms with van der Waals surface area (Å²) in [5.41, 5.74) is 0. The molecule has 0 atom stereocenters. The van der Waals surface area contributed by atoms with Crippen LogP contribution in [0.3, 0.4) is 0 Å². The van der Waals surface area contributed by atoms with Crippen molar-refractivity contribution < 1.29 is 19.1 Å². The first kappa shape index (κ1) is 46.1. The minimum Gasteiger partial charge on any atom is -0.466 e. The fraction of sp³-hybridized carbons (Fsp3) is 0.951. The van der Waals surface area contributed by atoms with Crippen LogP contribution in [0, 0.1) is 23.7 Å². The minimum absolute atomic E-state index is 0.000597. The van der Waals surface area contributed by atoms with Crippen molar-refractivity contribution in [2.24, 2.45) is 23.7 Å². The zero-order chi connectivity index (χ0) is 34.0. The van der Waals surface area contributed by atoms with Crippen molar-refractivity contribution >= 4 is 11.9 Å². The quantitative estimate of drug-likeness (QED) is 0.0560. The first-order chi connectivity index (χ1) is 21.5. The molecule has 0 fully saturated rings. The highest BCUT2D eigenvalue weighted by Gasteiger charge is 2.04. The molecule has 0 radical (unpaired) electrons. The van der Waals surface area contributed by atoms with Gasteiger partial charge in [0.15, 0.2) is 0 Å². The standard InChI is InChI=1S/C22H44O2.C19H38O2/c1-20(2)16-12-9-7-5-6-8-10-15-19-24-22(23)18-14-11-13-17-21(3)4;1-17(2)13-9-6-5-7-12-16-21-19(20)15-11-8-10-14-18(3)4/h20-21H,5-19H2,1-4H3;17-18H,5-16H2,1-4H3. The summed E-state index contributed by atoms with van der Waals surface area (Å²) in [6.45, 7) is 19.4. The lowest BCUT2D eigenvalue weighted by Gasteiger charge is -2.06. The molecular formula is C41H82O4. The molecule has 0 spiro atoms. The van der Waals surface area contributed by atoms with Gasteiger partial charge in [-0.1, -0.05) is 177 Å². The number of hydrogen-bond donors (Lipinski definition) is 0. The van der Waals surface area contributed by atoms with E-state index in [0.29, 0.717) is 26.1 Å². The molecule has 4 nitrogen and oxygen atoms in total. The van der Waals surface area contributed by atoms with Gasteiger partial charge in [-0.15, -0.1) is 0 Å². The first-order valence-corrected chi connectivity index (χ1v) is 19.9. The van der Waals surface area contributed by atoms with E-state index >= 15 is 0 Å². The third-order valence-corrected chi connectivity index (χ3v) is 8.45. The van der Waals surface area contributed by atoms with Crippen LogP contribution < -0.4 is 0 Å². The van der Waals surface area contributed by atoms with Crippen LogP contribution in [-0.2, 0) is 19.1 Å². The maximum atomic E-state index is 11.6. The number of hydrogen-bond acceptors (Lipinski definition) is 4. The van der Waals surface area contributed by atoms with E-state index in [0.717, 1.165) is 62.2 Å². The van der Waals surface area contributed by atoms with Crippen molar-refractivity contribution in [1.29, 1.82) is 0 Å². The van der Waals surface area contributed by atoms with Gasteiger partial charge in [-0.25, -0.2) is 0 Å². The summed E-state index contributed by atoms with van der Waals surface area (Å²) in [7, 11) is 0. The van der Waals surface area contributed by atoms with Crippen molar-refractivity contribution in [2.75, 3.05) is 13.2 Å². The fourth-order valence-electron chi connectivity index (χ4n) is 5.41. The van der Waals surface area contributed by atoms with Crippen LogP contribution >= 0.6 is 0 Å². The number of carbonyl (C=O) groups excluding carboxylic acids is 2. The maximum absolute atomic E-state index is 11.6. The van der Waals surface area contributed by atoms with Crippen LogP contribution in [0.1, 0.15) is 216 Å². The van der Waals surface area contributed by atoms with Gasteiger partial charge in [-0.05, 0) is 49.4 Å². The first-order valence-electron chi connectivity index (χ1n) is 19.9. The van der Waals surface area contributed by atoms with Crippen molar-refractivity contribution in [1.82, 2.24) is 0 Å². The molecule has 0 aromatic heterocycles. The van der Waals surface area contributed by atoms with Crippen LogP contribution in [0.4, 0.5) is 0 Å². The monoisotopic (exact) mass is 639 g/mol. The van der Waals surface area contributed by atoms with Crippen molar-refractivity contribution in [2.45, 2.75) is 216 Å². The minimum atomic E-state index is -0.000597. The summed E-state index contributed by atoms with van der Waals surface area (Å²) in [4.78, 5) is 23.1. The lowest BCUT2D eigenvalue weighted by molar-refractivity contribution is -0.144. The number of carbonyl (C=O) groups is 2. The van der Waals surface area contributed by atoms with Crippen LogP contribution in [-0.4, -0.2) is 25.2 Å². The zero-order valence-electron chi connectivity index (χ0n) is 32.0. The van der Waals surface area contributed by atoms with Gasteiger partial charge in [-0.2, -0.15) is 0 Å². The lowest BCUT2D eigenvalue weighted by Crippen LogP contribution is -2.05. The number of esters is 2. The smallest absolute Gasteiger partial charge is 0.305 e. The summed E-state index contributed by atoms with van der Waals surface area (Å²) in [5.74, 6) is 3.23. The van der Waals surface area contributed by atoms with Gasteiger partial charge in [0, 0.05) is 12.8 Å². The molecule has 0 aliphatic rings. The second-order valence-corrected chi connectivity index (χ2v) is 15.4. The van der Waals surface area contributed by atoms with Crippen molar-refractivity contribution in [3.63, 3.8) is 0 Å². The highest BCUT2D eigenvalue weighted by Crippen LogP contribution is 2.14. The fourth-order valence-corrected chi connectivity index (χ4v) is 5.41. The van der Waals surface area contributed by atoms with E-state index in [-0.39, 0.29) is 11.9 Å². The van der Waals surface area contributed by atoms with Gasteiger partial charge in [0.05, 0.1) is 13.2 Å². The zero-order valence-corrected chi connectivity index (χ0v) is 32.0. The Morgan fingerprint density at radius 2 is 0.556 bits per heavy atom. The predicted octanol–water partition coefficient (Wildman–Crippen LogP) is 13.4. The Balaban J connectivity index is 0. The second kappa shape index (κ2) is 35.8. The van der Waals surface area contributed by atoms with Crippen LogP contribution in [0.15, 0.2) is 0 Å². The van der Waals surface area contributed by atoms with E-state index in [1.54, 1.807) is 0 Å². The molecule has 0 aromatic carbocycles. The summed E-state index contributed by atoms with van der Waals surface area (Å²) >= 11 is 0. The Bertz CT molecular complexity index is 611. The molecule has 4 heteroatoms. The van der Waals surface area contributed by atoms with E-state index in [9.17, 15) is 9.59 Å². The molecule has 0 N–H and O–H groups in total. The lowest BCUT2D eigenvalue weighted by atomic mass is 10.0. The molecule has 0 saturated carbocycles. The Morgan fingerprint density at radius 3 is 0.822 bits per heavy atom. The van der Waals surface area contributed by atoms with E-state index in [4.69, 9.17) is 9.47 Å². The normalized spacial score (nSPS) is 11.4.